The first kappa shape index (κ1) is 11.7. The van der Waals surface area contributed by atoms with Crippen LogP contribution in [0.1, 0.15) is 17.9 Å². The maximum Gasteiger partial charge on any atom is 0.101 e. The van der Waals surface area contributed by atoms with Crippen molar-refractivity contribution in [3.63, 3.8) is 0 Å². The zero-order valence-corrected chi connectivity index (χ0v) is 9.13. The van der Waals surface area contributed by atoms with Gasteiger partial charge in [0.1, 0.15) is 6.10 Å². The zero-order valence-electron chi connectivity index (χ0n) is 8.31. The maximum absolute atomic E-state index is 9.68. The van der Waals surface area contributed by atoms with Crippen LogP contribution < -0.4 is 5.32 Å². The van der Waals surface area contributed by atoms with Crippen molar-refractivity contribution < 1.29 is 10.2 Å². The van der Waals surface area contributed by atoms with E-state index in [2.05, 4.69) is 5.32 Å². The van der Waals surface area contributed by atoms with E-state index in [1.165, 1.54) is 0 Å². The highest BCUT2D eigenvalue weighted by atomic mass is 32.1. The number of aliphatic hydroxyl groups excluding tert-OH is 2. The summed E-state index contributed by atoms with van der Waals surface area (Å²) in [6, 6.07) is 3.85. The van der Waals surface area contributed by atoms with Gasteiger partial charge >= 0.3 is 0 Å². The highest BCUT2D eigenvalue weighted by molar-refractivity contribution is 7.10. The number of nitrogens with one attached hydrogen (secondary N) is 1. The highest BCUT2D eigenvalue weighted by Crippen LogP contribution is 2.17. The van der Waals surface area contributed by atoms with E-state index in [9.17, 15) is 5.11 Å². The molecule has 1 heterocycles. The molecular formula is C10H17NO2S. The van der Waals surface area contributed by atoms with Gasteiger partial charge in [-0.3, -0.25) is 0 Å². The molecule has 1 aromatic heterocycles. The van der Waals surface area contributed by atoms with Crippen LogP contribution in [-0.2, 0) is 0 Å². The summed E-state index contributed by atoms with van der Waals surface area (Å²) in [4.78, 5) is 0.981. The van der Waals surface area contributed by atoms with E-state index in [1.54, 1.807) is 11.3 Å². The average Bonchev–Trinajstić information content (AvgIpc) is 2.70. The summed E-state index contributed by atoms with van der Waals surface area (Å²) in [6.45, 7) is 3.43. The first-order valence-electron chi connectivity index (χ1n) is 4.77. The number of hydrogen-bond donors (Lipinski definition) is 3. The first-order chi connectivity index (χ1) is 6.74. The quantitative estimate of drug-likeness (QED) is 0.663. The molecule has 0 aromatic carbocycles. The lowest BCUT2D eigenvalue weighted by Crippen LogP contribution is -2.27. The van der Waals surface area contributed by atoms with Crippen molar-refractivity contribution in [1.82, 2.24) is 5.32 Å². The van der Waals surface area contributed by atoms with Gasteiger partial charge in [0.25, 0.3) is 0 Å². The van der Waals surface area contributed by atoms with Gasteiger partial charge in [-0.1, -0.05) is 13.0 Å². The monoisotopic (exact) mass is 215 g/mol. The Kier molecular flexibility index (Phi) is 5.11. The van der Waals surface area contributed by atoms with Crippen LogP contribution in [0.25, 0.3) is 0 Å². The molecule has 0 fully saturated rings. The van der Waals surface area contributed by atoms with Crippen LogP contribution in [0.3, 0.4) is 0 Å². The van der Waals surface area contributed by atoms with E-state index in [4.69, 9.17) is 5.11 Å². The van der Waals surface area contributed by atoms with Crippen LogP contribution in [0.2, 0.25) is 0 Å². The molecule has 0 saturated heterocycles. The van der Waals surface area contributed by atoms with Crippen molar-refractivity contribution in [1.29, 1.82) is 0 Å². The Morgan fingerprint density at radius 1 is 1.50 bits per heavy atom. The highest BCUT2D eigenvalue weighted by Gasteiger charge is 2.08. The molecule has 0 aliphatic heterocycles. The molecule has 2 atom stereocenters. The first-order valence-corrected chi connectivity index (χ1v) is 5.65. The van der Waals surface area contributed by atoms with Gasteiger partial charge in [0.05, 0.1) is 0 Å². The molecule has 3 nitrogen and oxygen atoms in total. The van der Waals surface area contributed by atoms with Gasteiger partial charge in [0.2, 0.25) is 0 Å². The summed E-state index contributed by atoms with van der Waals surface area (Å²) < 4.78 is 0. The van der Waals surface area contributed by atoms with E-state index >= 15 is 0 Å². The van der Waals surface area contributed by atoms with Gasteiger partial charge in [-0.2, -0.15) is 0 Å². The van der Waals surface area contributed by atoms with Crippen LogP contribution in [0.5, 0.6) is 0 Å². The molecular weight excluding hydrogens is 198 g/mol. The SMILES string of the molecule is CC(CO)CNCC(O)c1cccs1. The summed E-state index contributed by atoms with van der Waals surface area (Å²) in [5.41, 5.74) is 0. The van der Waals surface area contributed by atoms with Crippen molar-refractivity contribution in [2.45, 2.75) is 13.0 Å². The molecule has 80 valence electrons. The minimum absolute atomic E-state index is 0.183. The number of hydrogen-bond acceptors (Lipinski definition) is 4. The lowest BCUT2D eigenvalue weighted by Gasteiger charge is -2.12. The lowest BCUT2D eigenvalue weighted by atomic mass is 10.2. The van der Waals surface area contributed by atoms with Gasteiger partial charge in [-0.25, -0.2) is 0 Å². The van der Waals surface area contributed by atoms with Gasteiger partial charge in [-0.05, 0) is 23.9 Å². The summed E-state index contributed by atoms with van der Waals surface area (Å²) in [7, 11) is 0. The number of aliphatic hydroxyl groups is 2. The molecule has 0 spiro atoms. The van der Waals surface area contributed by atoms with Gasteiger partial charge in [-0.15, -0.1) is 11.3 Å². The molecule has 4 heteroatoms. The molecule has 0 radical (unpaired) electrons. The Labute approximate surface area is 88.4 Å². The van der Waals surface area contributed by atoms with E-state index in [1.807, 2.05) is 24.4 Å². The Morgan fingerprint density at radius 2 is 2.29 bits per heavy atom. The average molecular weight is 215 g/mol. The summed E-state index contributed by atoms with van der Waals surface area (Å²) in [5, 5.41) is 23.5. The largest absolute Gasteiger partial charge is 0.396 e. The second-order valence-corrected chi connectivity index (χ2v) is 4.46. The minimum atomic E-state index is -0.430. The third kappa shape index (κ3) is 3.75. The predicted octanol–water partition coefficient (Wildman–Crippen LogP) is 0.999. The van der Waals surface area contributed by atoms with Gasteiger partial charge < -0.3 is 15.5 Å². The van der Waals surface area contributed by atoms with Crippen LogP contribution in [0.4, 0.5) is 0 Å². The zero-order chi connectivity index (χ0) is 10.4. The van der Waals surface area contributed by atoms with E-state index in [-0.39, 0.29) is 12.5 Å². The normalized spacial score (nSPS) is 15.4. The standard InChI is InChI=1S/C10H17NO2S/c1-8(7-12)5-11-6-9(13)10-3-2-4-14-10/h2-4,8-9,11-13H,5-7H2,1H3. The Bertz CT molecular complexity index is 238. The fourth-order valence-corrected chi connectivity index (χ4v) is 1.82. The van der Waals surface area contributed by atoms with E-state index < -0.39 is 6.10 Å². The number of thiophene rings is 1. The molecule has 0 saturated carbocycles. The molecule has 0 bridgehead atoms. The maximum atomic E-state index is 9.68. The Morgan fingerprint density at radius 3 is 2.86 bits per heavy atom. The third-order valence-electron chi connectivity index (χ3n) is 2.01. The van der Waals surface area contributed by atoms with Crippen molar-refractivity contribution in [2.24, 2.45) is 5.92 Å². The molecule has 0 aliphatic rings. The van der Waals surface area contributed by atoms with E-state index in [0.717, 1.165) is 11.4 Å². The van der Waals surface area contributed by atoms with Crippen molar-refractivity contribution in [3.8, 4) is 0 Å². The summed E-state index contributed by atoms with van der Waals surface area (Å²) >= 11 is 1.56. The van der Waals surface area contributed by atoms with Crippen LogP contribution >= 0.6 is 11.3 Å². The van der Waals surface area contributed by atoms with Crippen LogP contribution in [0.15, 0.2) is 17.5 Å². The third-order valence-corrected chi connectivity index (χ3v) is 2.99. The minimum Gasteiger partial charge on any atom is -0.396 e. The summed E-state index contributed by atoms with van der Waals surface area (Å²) in [6.07, 6.45) is -0.430. The van der Waals surface area contributed by atoms with Crippen molar-refractivity contribution >= 4 is 11.3 Å². The van der Waals surface area contributed by atoms with E-state index in [0.29, 0.717) is 6.54 Å². The van der Waals surface area contributed by atoms with Crippen LogP contribution in [0, 0.1) is 5.92 Å². The molecule has 0 aliphatic carbocycles. The molecule has 2 unspecified atom stereocenters. The molecule has 3 N–H and O–H groups in total. The molecule has 1 rings (SSSR count). The number of rotatable bonds is 6. The Balaban J connectivity index is 2.19. The lowest BCUT2D eigenvalue weighted by molar-refractivity contribution is 0.171. The second-order valence-electron chi connectivity index (χ2n) is 3.48. The predicted molar refractivity (Wildman–Crippen MR) is 58.4 cm³/mol. The fraction of sp³-hybridized carbons (Fsp3) is 0.600. The smallest absolute Gasteiger partial charge is 0.101 e. The topological polar surface area (TPSA) is 52.5 Å². The van der Waals surface area contributed by atoms with Gasteiger partial charge in [0, 0.05) is 18.0 Å². The van der Waals surface area contributed by atoms with Crippen molar-refractivity contribution in [2.75, 3.05) is 19.7 Å². The second kappa shape index (κ2) is 6.14. The summed E-state index contributed by atoms with van der Waals surface area (Å²) in [5.74, 6) is 0.241. The van der Waals surface area contributed by atoms with Crippen molar-refractivity contribution in [3.05, 3.63) is 22.4 Å². The van der Waals surface area contributed by atoms with Gasteiger partial charge in [0.15, 0.2) is 0 Å². The molecule has 1 aromatic rings. The van der Waals surface area contributed by atoms with Crippen LogP contribution in [-0.4, -0.2) is 29.9 Å². The molecule has 0 amide bonds. The molecule has 14 heavy (non-hydrogen) atoms. The Hall–Kier alpha value is -0.420. The fourth-order valence-electron chi connectivity index (χ4n) is 1.11.